The number of hydrogen-bond donors (Lipinski definition) is 3. The molecule has 0 fully saturated rings. The van der Waals surface area contributed by atoms with Gasteiger partial charge in [0.05, 0.1) is 16.6 Å². The third-order valence-electron chi connectivity index (χ3n) is 5.51. The van der Waals surface area contributed by atoms with Crippen LogP contribution in [0.25, 0.3) is 21.8 Å². The highest BCUT2D eigenvalue weighted by molar-refractivity contribution is 6.15. The topological polar surface area (TPSA) is 100 Å². The SMILES string of the molecule is O=C(O)c1cc(NC(=O)c2ccccc2)cc(NC(=O)n2c3ccccc3c3ccccc32)c1. The van der Waals surface area contributed by atoms with Crippen LogP contribution in [0.4, 0.5) is 16.2 Å². The van der Waals surface area contributed by atoms with E-state index in [0.717, 1.165) is 21.8 Å². The first-order valence-corrected chi connectivity index (χ1v) is 10.6. The average Bonchev–Trinajstić information content (AvgIpc) is 3.19. The minimum atomic E-state index is -1.18. The maximum Gasteiger partial charge on any atom is 0.335 e. The van der Waals surface area contributed by atoms with Crippen LogP contribution in [0.1, 0.15) is 20.7 Å². The molecule has 4 aromatic carbocycles. The number of nitrogens with zero attached hydrogens (tertiary/aromatic N) is 1. The summed E-state index contributed by atoms with van der Waals surface area (Å²) in [7, 11) is 0. The molecule has 166 valence electrons. The highest BCUT2D eigenvalue weighted by Gasteiger charge is 2.17. The monoisotopic (exact) mass is 449 g/mol. The van der Waals surface area contributed by atoms with E-state index in [1.54, 1.807) is 34.9 Å². The van der Waals surface area contributed by atoms with Crippen LogP contribution in [0, 0.1) is 0 Å². The maximum atomic E-state index is 13.4. The van der Waals surface area contributed by atoms with Gasteiger partial charge in [-0.25, -0.2) is 9.59 Å². The Morgan fingerprint density at radius 1 is 0.618 bits per heavy atom. The molecule has 0 atom stereocenters. The van der Waals surface area contributed by atoms with Gasteiger partial charge in [0.1, 0.15) is 0 Å². The van der Waals surface area contributed by atoms with Gasteiger partial charge in [0, 0.05) is 27.7 Å². The Morgan fingerprint density at radius 3 is 1.74 bits per heavy atom. The van der Waals surface area contributed by atoms with Crippen LogP contribution in [0.3, 0.4) is 0 Å². The van der Waals surface area contributed by atoms with Crippen LogP contribution < -0.4 is 10.6 Å². The van der Waals surface area contributed by atoms with E-state index in [1.807, 2.05) is 48.5 Å². The van der Waals surface area contributed by atoms with E-state index in [1.165, 1.54) is 18.2 Å². The number of rotatable bonds is 4. The number of carbonyl (C=O) groups excluding carboxylic acids is 2. The number of amides is 2. The van der Waals surface area contributed by atoms with Crippen LogP contribution in [0.2, 0.25) is 0 Å². The molecule has 5 rings (SSSR count). The summed E-state index contributed by atoms with van der Waals surface area (Å²) in [5, 5.41) is 16.9. The number of para-hydroxylation sites is 2. The van der Waals surface area contributed by atoms with Gasteiger partial charge in [-0.2, -0.15) is 0 Å². The summed E-state index contributed by atoms with van der Waals surface area (Å²) in [5.41, 5.74) is 2.32. The van der Waals surface area contributed by atoms with Crippen LogP contribution in [0.15, 0.2) is 97.1 Å². The summed E-state index contributed by atoms with van der Waals surface area (Å²) in [6, 6.07) is 27.5. The number of carboxylic acids is 1. The van der Waals surface area contributed by atoms with Crippen molar-refractivity contribution in [2.45, 2.75) is 0 Å². The number of carbonyl (C=O) groups is 3. The van der Waals surface area contributed by atoms with Crippen molar-refractivity contribution in [2.75, 3.05) is 10.6 Å². The zero-order chi connectivity index (χ0) is 23.7. The van der Waals surface area contributed by atoms with Crippen LogP contribution in [-0.2, 0) is 0 Å². The van der Waals surface area contributed by atoms with Gasteiger partial charge in [-0.3, -0.25) is 9.36 Å². The largest absolute Gasteiger partial charge is 0.478 e. The number of anilines is 2. The maximum absolute atomic E-state index is 13.4. The van der Waals surface area contributed by atoms with Crippen molar-refractivity contribution < 1.29 is 19.5 Å². The van der Waals surface area contributed by atoms with E-state index in [2.05, 4.69) is 10.6 Å². The van der Waals surface area contributed by atoms with Gasteiger partial charge in [0.25, 0.3) is 5.91 Å². The first kappa shape index (κ1) is 21.0. The van der Waals surface area contributed by atoms with Crippen molar-refractivity contribution in [2.24, 2.45) is 0 Å². The van der Waals surface area contributed by atoms with E-state index in [9.17, 15) is 19.5 Å². The van der Waals surface area contributed by atoms with Gasteiger partial charge >= 0.3 is 12.0 Å². The molecule has 34 heavy (non-hydrogen) atoms. The number of hydrogen-bond acceptors (Lipinski definition) is 3. The second kappa shape index (κ2) is 8.55. The third kappa shape index (κ3) is 3.86. The predicted molar refractivity (Wildman–Crippen MR) is 132 cm³/mol. The van der Waals surface area contributed by atoms with Crippen LogP contribution in [0.5, 0.6) is 0 Å². The molecule has 0 aliphatic heterocycles. The Bertz CT molecular complexity index is 1520. The van der Waals surface area contributed by atoms with Gasteiger partial charge in [-0.15, -0.1) is 0 Å². The second-order valence-corrected chi connectivity index (χ2v) is 7.72. The van der Waals surface area contributed by atoms with Crippen molar-refractivity contribution in [1.82, 2.24) is 4.57 Å². The summed E-state index contributed by atoms with van der Waals surface area (Å²) < 4.78 is 1.56. The molecule has 1 heterocycles. The van der Waals surface area contributed by atoms with Crippen molar-refractivity contribution in [3.05, 3.63) is 108 Å². The van der Waals surface area contributed by atoms with Crippen LogP contribution >= 0.6 is 0 Å². The normalized spacial score (nSPS) is 10.8. The van der Waals surface area contributed by atoms with Crippen molar-refractivity contribution in [1.29, 1.82) is 0 Å². The number of nitrogens with one attached hydrogen (secondary N) is 2. The van der Waals surface area contributed by atoms with E-state index >= 15 is 0 Å². The van der Waals surface area contributed by atoms with Crippen LogP contribution in [-0.4, -0.2) is 27.6 Å². The molecule has 5 aromatic rings. The lowest BCUT2D eigenvalue weighted by Crippen LogP contribution is -2.20. The Kier molecular flexibility index (Phi) is 5.27. The summed E-state index contributed by atoms with van der Waals surface area (Å²) in [4.78, 5) is 37.6. The fraction of sp³-hybridized carbons (Fsp3) is 0. The Morgan fingerprint density at radius 2 is 1.15 bits per heavy atom. The molecule has 0 aliphatic carbocycles. The van der Waals surface area contributed by atoms with E-state index in [0.29, 0.717) is 5.56 Å². The second-order valence-electron chi connectivity index (χ2n) is 7.72. The Labute approximate surface area is 194 Å². The molecule has 7 heteroatoms. The minimum Gasteiger partial charge on any atom is -0.478 e. The van der Waals surface area contributed by atoms with Gasteiger partial charge in [-0.1, -0.05) is 54.6 Å². The number of aromatic nitrogens is 1. The number of aromatic carboxylic acids is 1. The lowest BCUT2D eigenvalue weighted by Gasteiger charge is -2.12. The molecule has 0 spiro atoms. The first-order chi connectivity index (χ1) is 16.5. The Hall–Kier alpha value is -4.91. The highest BCUT2D eigenvalue weighted by Crippen LogP contribution is 2.29. The van der Waals surface area contributed by atoms with Gasteiger partial charge in [0.2, 0.25) is 0 Å². The molecule has 0 bridgehead atoms. The molecule has 7 nitrogen and oxygen atoms in total. The van der Waals surface area contributed by atoms with E-state index < -0.39 is 12.0 Å². The summed E-state index contributed by atoms with van der Waals surface area (Å²) in [5.74, 6) is -1.56. The lowest BCUT2D eigenvalue weighted by molar-refractivity contribution is 0.0696. The van der Waals surface area contributed by atoms with Gasteiger partial charge in [0.15, 0.2) is 0 Å². The minimum absolute atomic E-state index is 0.0663. The molecule has 0 aliphatic rings. The Balaban J connectivity index is 1.51. The molecule has 3 N–H and O–H groups in total. The number of fused-ring (bicyclic) bond motifs is 3. The van der Waals surface area contributed by atoms with Crippen molar-refractivity contribution in [3.63, 3.8) is 0 Å². The molecule has 2 amide bonds. The molecule has 0 radical (unpaired) electrons. The zero-order valence-electron chi connectivity index (χ0n) is 17.9. The highest BCUT2D eigenvalue weighted by atomic mass is 16.4. The molecular weight excluding hydrogens is 430 g/mol. The zero-order valence-corrected chi connectivity index (χ0v) is 17.9. The average molecular weight is 449 g/mol. The van der Waals surface area contributed by atoms with Crippen molar-refractivity contribution >= 4 is 51.1 Å². The third-order valence-corrected chi connectivity index (χ3v) is 5.51. The summed E-state index contributed by atoms with van der Waals surface area (Å²) in [6.45, 7) is 0. The van der Waals surface area contributed by atoms with Crippen molar-refractivity contribution in [3.8, 4) is 0 Å². The summed E-state index contributed by atoms with van der Waals surface area (Å²) in [6.07, 6.45) is 0. The van der Waals surface area contributed by atoms with E-state index in [-0.39, 0.29) is 22.8 Å². The smallest absolute Gasteiger partial charge is 0.335 e. The molecular formula is C27H19N3O4. The van der Waals surface area contributed by atoms with Gasteiger partial charge in [-0.05, 0) is 42.5 Å². The van der Waals surface area contributed by atoms with E-state index in [4.69, 9.17) is 0 Å². The standard InChI is InChI=1S/C27H19N3O4/c31-25(17-8-2-1-3-9-17)28-19-14-18(26(32)33)15-20(16-19)29-27(34)30-23-12-6-4-10-21(23)22-11-5-7-13-24(22)30/h1-16H,(H,28,31)(H,29,34)(H,32,33). The molecule has 0 saturated heterocycles. The lowest BCUT2D eigenvalue weighted by atomic mass is 10.1. The van der Waals surface area contributed by atoms with Gasteiger partial charge < -0.3 is 15.7 Å². The number of benzene rings is 4. The molecule has 0 saturated carbocycles. The first-order valence-electron chi connectivity index (χ1n) is 10.6. The predicted octanol–water partition coefficient (Wildman–Crippen LogP) is 5.83. The molecule has 0 unspecified atom stereocenters. The summed E-state index contributed by atoms with van der Waals surface area (Å²) >= 11 is 0. The fourth-order valence-corrected chi connectivity index (χ4v) is 4.01. The quantitative estimate of drug-likeness (QED) is 0.322. The fourth-order valence-electron chi connectivity index (χ4n) is 4.01. The molecule has 1 aromatic heterocycles. The number of carboxylic acid groups (broad SMARTS) is 1.